The molecule has 2 aromatic heterocycles. The Kier molecular flexibility index (Phi) is 14.5. The Bertz CT molecular complexity index is 3340. The van der Waals surface area contributed by atoms with Gasteiger partial charge in [-0.15, -0.1) is 0 Å². The maximum atomic E-state index is 13.9. The van der Waals surface area contributed by atoms with Gasteiger partial charge in [-0.25, -0.2) is 31.6 Å². The van der Waals surface area contributed by atoms with Crippen molar-refractivity contribution in [3.8, 4) is 22.5 Å². The van der Waals surface area contributed by atoms with Crippen molar-refractivity contribution >= 4 is 65.1 Å². The summed E-state index contributed by atoms with van der Waals surface area (Å²) in [5.41, 5.74) is 11.8. The first-order chi connectivity index (χ1) is 33.1. The lowest BCUT2D eigenvalue weighted by atomic mass is 9.98. The predicted molar refractivity (Wildman–Crippen MR) is 274 cm³/mol. The Morgan fingerprint density at radius 3 is 1.33 bits per heavy atom. The second-order valence-corrected chi connectivity index (χ2v) is 20.7. The Balaban J connectivity index is 0.000000158. The molecule has 2 atom stereocenters. The number of aromatic nitrogens is 2. The van der Waals surface area contributed by atoms with Crippen LogP contribution < -0.4 is 20.5 Å². The quantitative estimate of drug-likeness (QED) is 0.0738. The summed E-state index contributed by atoms with van der Waals surface area (Å²) in [6.07, 6.45) is 6.77. The van der Waals surface area contributed by atoms with Gasteiger partial charge in [0.15, 0.2) is 0 Å². The lowest BCUT2D eigenvalue weighted by Crippen LogP contribution is -2.31. The number of benzene rings is 6. The maximum absolute atomic E-state index is 13.9. The number of carboxylic acids is 1. The summed E-state index contributed by atoms with van der Waals surface area (Å²) in [6, 6.07) is 52.6. The lowest BCUT2D eigenvalue weighted by molar-refractivity contribution is 0.0699. The van der Waals surface area contributed by atoms with Crippen LogP contribution in [-0.2, 0) is 20.0 Å². The average molecular weight is 961 g/mol. The smallest absolute Gasteiger partial charge is 0.338 e. The molecule has 352 valence electrons. The number of nitrogens with two attached hydrogens (primary N) is 1. The highest BCUT2D eigenvalue weighted by Gasteiger charge is 2.35. The van der Waals surface area contributed by atoms with Crippen molar-refractivity contribution in [1.82, 2.24) is 15.3 Å². The Morgan fingerprint density at radius 1 is 0.536 bits per heavy atom. The molecule has 8 aromatic rings. The van der Waals surface area contributed by atoms with Crippen LogP contribution in [0.2, 0.25) is 0 Å². The van der Waals surface area contributed by atoms with Gasteiger partial charge in [-0.05, 0) is 60.8 Å². The molecule has 2 heterocycles. The van der Waals surface area contributed by atoms with Gasteiger partial charge < -0.3 is 16.2 Å². The standard InChI is InChI=1S/C27H25N3O3S.C17H14N2O4S.C10H13N/c1-34(32,33)30-26-23(27(31)29-24(20-16-17-20)18-10-4-2-5-11-18)21-14-8-9-15-22(21)28-25(26)19-12-6-3-7-13-19;1-24(22,23)19-16-14(17(20)21)12-9-5-6-10-13(12)18-15(16)11-7-3-2-4-8-11;11-10(9-6-7-9)8-4-2-1-3-5-8/h2-15,20,24,30H,16-17H2,1H3,(H,29,31);2-10,19H,1H3,(H,20,21);1-5,9-10H,6-7,11H2/t24-;;10-/m1.1/s1. The number of hydrogen-bond donors (Lipinski definition) is 5. The van der Waals surface area contributed by atoms with E-state index in [4.69, 9.17) is 10.7 Å². The molecule has 2 aliphatic rings. The third-order valence-electron chi connectivity index (χ3n) is 11.7. The number of amides is 1. The summed E-state index contributed by atoms with van der Waals surface area (Å²) < 4.78 is 53.2. The number of hydrogen-bond acceptors (Lipinski definition) is 9. The molecule has 0 bridgehead atoms. The van der Waals surface area contributed by atoms with E-state index in [-0.39, 0.29) is 46.2 Å². The zero-order valence-electron chi connectivity index (χ0n) is 38.0. The van der Waals surface area contributed by atoms with Crippen molar-refractivity contribution in [2.24, 2.45) is 17.6 Å². The van der Waals surface area contributed by atoms with Crippen LogP contribution in [0.3, 0.4) is 0 Å². The SMILES string of the molecule is CS(=O)(=O)Nc1c(-c2ccccc2)nc2ccccc2c1C(=O)N[C@H](c1ccccc1)C1CC1.CS(=O)(=O)Nc1c(-c2ccccc2)nc2ccccc2c1C(=O)O.N[C@H](c1ccccc1)C1CC1. The summed E-state index contributed by atoms with van der Waals surface area (Å²) in [4.78, 5) is 35.0. The van der Waals surface area contributed by atoms with Gasteiger partial charge in [0.2, 0.25) is 20.0 Å². The minimum atomic E-state index is -3.69. The molecule has 0 aliphatic heterocycles. The average Bonchev–Trinajstić information content (AvgIpc) is 4.29. The van der Waals surface area contributed by atoms with Crippen molar-refractivity contribution < 1.29 is 31.5 Å². The third-order valence-corrected chi connectivity index (χ3v) is 12.9. The van der Waals surface area contributed by atoms with Crippen LogP contribution in [0.1, 0.15) is 69.6 Å². The number of pyridine rings is 2. The highest BCUT2D eigenvalue weighted by Crippen LogP contribution is 2.43. The van der Waals surface area contributed by atoms with Crippen LogP contribution in [0.15, 0.2) is 170 Å². The van der Waals surface area contributed by atoms with Crippen molar-refractivity contribution in [2.75, 3.05) is 22.0 Å². The number of nitrogens with one attached hydrogen (secondary N) is 3. The number of carboxylic acid groups (broad SMARTS) is 1. The minimum absolute atomic E-state index is 0.0325. The van der Waals surface area contributed by atoms with Crippen LogP contribution in [0, 0.1) is 11.8 Å². The second-order valence-electron chi connectivity index (χ2n) is 17.2. The van der Waals surface area contributed by atoms with Gasteiger partial charge in [0, 0.05) is 27.9 Å². The molecule has 6 aromatic carbocycles. The van der Waals surface area contributed by atoms with Crippen molar-refractivity contribution in [3.63, 3.8) is 0 Å². The van der Waals surface area contributed by atoms with Gasteiger partial charge >= 0.3 is 5.97 Å². The van der Waals surface area contributed by atoms with E-state index < -0.39 is 26.0 Å². The second kappa shape index (κ2) is 20.8. The number of aromatic carboxylic acids is 1. The van der Waals surface area contributed by atoms with Crippen LogP contribution in [0.4, 0.5) is 11.4 Å². The molecule has 2 saturated carbocycles. The zero-order valence-corrected chi connectivity index (χ0v) is 39.6. The van der Waals surface area contributed by atoms with Gasteiger partial charge in [0.05, 0.1) is 63.5 Å². The van der Waals surface area contributed by atoms with Crippen LogP contribution >= 0.6 is 0 Å². The number of carbonyl (C=O) groups excluding carboxylic acids is 1. The van der Waals surface area contributed by atoms with E-state index in [2.05, 4.69) is 44.0 Å². The number of rotatable bonds is 13. The van der Waals surface area contributed by atoms with Crippen LogP contribution in [-0.4, -0.2) is 56.3 Å². The molecule has 15 heteroatoms. The molecule has 1 amide bonds. The fourth-order valence-electron chi connectivity index (χ4n) is 8.24. The molecule has 13 nitrogen and oxygen atoms in total. The van der Waals surface area contributed by atoms with E-state index in [0.29, 0.717) is 39.0 Å². The fourth-order valence-corrected chi connectivity index (χ4v) is 9.38. The predicted octanol–water partition coefficient (Wildman–Crippen LogP) is 10.2. The summed E-state index contributed by atoms with van der Waals surface area (Å²) in [6.45, 7) is 0. The van der Waals surface area contributed by atoms with E-state index in [9.17, 15) is 31.5 Å². The van der Waals surface area contributed by atoms with E-state index in [1.807, 2.05) is 91.0 Å². The van der Waals surface area contributed by atoms with E-state index in [1.54, 1.807) is 54.6 Å². The molecular weight excluding hydrogens is 909 g/mol. The highest BCUT2D eigenvalue weighted by atomic mass is 32.2. The Labute approximate surface area is 402 Å². The Morgan fingerprint density at radius 2 is 0.913 bits per heavy atom. The van der Waals surface area contributed by atoms with E-state index >= 15 is 0 Å². The number of sulfonamides is 2. The van der Waals surface area contributed by atoms with Gasteiger partial charge in [-0.1, -0.05) is 158 Å². The third kappa shape index (κ3) is 12.2. The van der Waals surface area contributed by atoms with Gasteiger partial charge in [0.1, 0.15) is 0 Å². The first-order valence-corrected chi connectivity index (χ1v) is 26.2. The molecule has 2 aliphatic carbocycles. The highest BCUT2D eigenvalue weighted by molar-refractivity contribution is 7.92. The molecule has 10 rings (SSSR count). The van der Waals surface area contributed by atoms with Crippen molar-refractivity contribution in [3.05, 3.63) is 192 Å². The first kappa shape index (κ1) is 48.0. The number of anilines is 2. The number of nitrogens with zero attached hydrogens (tertiary/aromatic N) is 2. The summed E-state index contributed by atoms with van der Waals surface area (Å²) in [7, 11) is -7.37. The first-order valence-electron chi connectivity index (χ1n) is 22.5. The fraction of sp³-hybridized carbons (Fsp3) is 0.185. The molecular formula is C54H52N6O7S2. The summed E-state index contributed by atoms with van der Waals surface area (Å²) in [5, 5.41) is 13.8. The largest absolute Gasteiger partial charge is 0.478 e. The van der Waals surface area contributed by atoms with Gasteiger partial charge in [-0.2, -0.15) is 0 Å². The topological polar surface area (TPSA) is 211 Å². The lowest BCUT2D eigenvalue weighted by Gasteiger charge is -2.22. The molecule has 0 unspecified atom stereocenters. The summed E-state index contributed by atoms with van der Waals surface area (Å²) in [5.74, 6) is -0.434. The Hall–Kier alpha value is -7.46. The molecule has 6 N–H and O–H groups in total. The molecule has 2 fully saturated rings. The summed E-state index contributed by atoms with van der Waals surface area (Å²) >= 11 is 0. The van der Waals surface area contributed by atoms with Crippen molar-refractivity contribution in [1.29, 1.82) is 0 Å². The molecule has 0 spiro atoms. The normalized spacial score (nSPS) is 14.2. The van der Waals surface area contributed by atoms with Crippen LogP contribution in [0.25, 0.3) is 44.3 Å². The molecule has 69 heavy (non-hydrogen) atoms. The van der Waals surface area contributed by atoms with Crippen LogP contribution in [0.5, 0.6) is 0 Å². The maximum Gasteiger partial charge on any atom is 0.338 e. The number of fused-ring (bicyclic) bond motifs is 2. The molecule has 0 saturated heterocycles. The van der Waals surface area contributed by atoms with Gasteiger partial charge in [-0.3, -0.25) is 14.2 Å². The zero-order chi connectivity index (χ0) is 48.7. The van der Waals surface area contributed by atoms with Crippen molar-refractivity contribution in [2.45, 2.75) is 37.8 Å². The minimum Gasteiger partial charge on any atom is -0.478 e. The van der Waals surface area contributed by atoms with E-state index in [1.165, 1.54) is 18.4 Å². The van der Waals surface area contributed by atoms with E-state index in [0.717, 1.165) is 42.4 Å². The number of para-hydroxylation sites is 2. The van der Waals surface area contributed by atoms with Gasteiger partial charge in [0.25, 0.3) is 5.91 Å². The monoisotopic (exact) mass is 960 g/mol. The molecule has 0 radical (unpaired) electrons. The number of carbonyl (C=O) groups is 2.